The van der Waals surface area contributed by atoms with Crippen LogP contribution in [0.15, 0.2) is 83.5 Å². The molecule has 3 aromatic carbocycles. The highest BCUT2D eigenvalue weighted by Gasteiger charge is 2.15. The van der Waals surface area contributed by atoms with Crippen LogP contribution in [0.2, 0.25) is 0 Å². The monoisotopic (exact) mass is 455 g/mol. The van der Waals surface area contributed by atoms with Crippen molar-refractivity contribution in [3.8, 4) is 22.6 Å². The summed E-state index contributed by atoms with van der Waals surface area (Å²) in [5.41, 5.74) is 5.58. The fourth-order valence-corrected chi connectivity index (χ4v) is 4.03. The highest BCUT2D eigenvalue weighted by molar-refractivity contribution is 6.00. The summed E-state index contributed by atoms with van der Waals surface area (Å²) in [5.74, 6) is 1.37. The molecular weight excluding hydrogens is 426 g/mol. The Balaban J connectivity index is 1.56. The van der Waals surface area contributed by atoms with Crippen molar-refractivity contribution in [2.75, 3.05) is 20.3 Å². The van der Waals surface area contributed by atoms with E-state index in [4.69, 9.17) is 13.9 Å². The number of nitrogens with one attached hydrogen (secondary N) is 1. The van der Waals surface area contributed by atoms with Gasteiger partial charge in [0.25, 0.3) is 0 Å². The molecule has 4 rings (SSSR count). The molecule has 34 heavy (non-hydrogen) atoms. The number of hydrogen-bond acceptors (Lipinski definition) is 4. The van der Waals surface area contributed by atoms with E-state index in [1.54, 1.807) is 19.4 Å². The van der Waals surface area contributed by atoms with Gasteiger partial charge in [0, 0.05) is 35.2 Å². The van der Waals surface area contributed by atoms with Crippen LogP contribution in [0.1, 0.15) is 25.0 Å². The second kappa shape index (κ2) is 10.8. The van der Waals surface area contributed by atoms with Crippen LogP contribution in [0, 0.1) is 0 Å². The molecule has 5 heteroatoms. The molecule has 0 aliphatic heterocycles. The molecule has 1 amide bonds. The van der Waals surface area contributed by atoms with E-state index in [2.05, 4.69) is 17.4 Å². The normalized spacial score (nSPS) is 11.4. The lowest BCUT2D eigenvalue weighted by Crippen LogP contribution is -2.24. The van der Waals surface area contributed by atoms with E-state index in [0.717, 1.165) is 44.5 Å². The van der Waals surface area contributed by atoms with E-state index in [-0.39, 0.29) is 5.91 Å². The van der Waals surface area contributed by atoms with Gasteiger partial charge in [0.2, 0.25) is 5.91 Å². The van der Waals surface area contributed by atoms with E-state index in [1.807, 2.05) is 68.4 Å². The summed E-state index contributed by atoms with van der Waals surface area (Å²) in [6.45, 7) is 4.89. The van der Waals surface area contributed by atoms with Gasteiger partial charge < -0.3 is 19.2 Å². The van der Waals surface area contributed by atoms with E-state index in [0.29, 0.717) is 25.3 Å². The number of carbonyl (C=O) groups excluding carboxylic acids is 1. The summed E-state index contributed by atoms with van der Waals surface area (Å²) in [7, 11) is 1.65. The SMILES string of the molecule is CCOc1cc2occ(-c3ccccc3)c2cc1/C(C)=C/C(=O)NCCc1ccccc1OC. The Morgan fingerprint density at radius 3 is 2.56 bits per heavy atom. The molecule has 1 N–H and O–H groups in total. The summed E-state index contributed by atoms with van der Waals surface area (Å²) in [6.07, 6.45) is 4.07. The van der Waals surface area contributed by atoms with Crippen LogP contribution >= 0.6 is 0 Å². The third kappa shape index (κ3) is 5.15. The average molecular weight is 456 g/mol. The van der Waals surface area contributed by atoms with Gasteiger partial charge in [-0.25, -0.2) is 0 Å². The van der Waals surface area contributed by atoms with Crippen LogP contribution in [0.5, 0.6) is 11.5 Å². The van der Waals surface area contributed by atoms with E-state index >= 15 is 0 Å². The van der Waals surface area contributed by atoms with Gasteiger partial charge in [-0.1, -0.05) is 48.5 Å². The maximum atomic E-state index is 12.7. The van der Waals surface area contributed by atoms with Crippen molar-refractivity contribution in [1.82, 2.24) is 5.32 Å². The summed E-state index contributed by atoms with van der Waals surface area (Å²) in [6, 6.07) is 21.9. The lowest BCUT2D eigenvalue weighted by molar-refractivity contribution is -0.116. The third-order valence-corrected chi connectivity index (χ3v) is 5.72. The number of benzene rings is 3. The molecule has 0 aliphatic carbocycles. The molecule has 5 nitrogen and oxygen atoms in total. The zero-order valence-corrected chi connectivity index (χ0v) is 19.8. The second-order valence-corrected chi connectivity index (χ2v) is 7.97. The molecular formula is C29H29NO4. The quantitative estimate of drug-likeness (QED) is 0.302. The maximum absolute atomic E-state index is 12.7. The molecule has 0 aliphatic rings. The predicted octanol–water partition coefficient (Wildman–Crippen LogP) is 6.27. The van der Waals surface area contributed by atoms with Crippen molar-refractivity contribution in [1.29, 1.82) is 0 Å². The fraction of sp³-hybridized carbons (Fsp3) is 0.207. The van der Waals surface area contributed by atoms with Crippen molar-refractivity contribution >= 4 is 22.4 Å². The first kappa shape index (κ1) is 23.2. The fourth-order valence-electron chi connectivity index (χ4n) is 4.03. The number of allylic oxidation sites excluding steroid dienone is 1. The van der Waals surface area contributed by atoms with Crippen molar-refractivity contribution in [2.45, 2.75) is 20.3 Å². The average Bonchev–Trinajstić information content (AvgIpc) is 3.27. The first-order valence-corrected chi connectivity index (χ1v) is 11.4. The van der Waals surface area contributed by atoms with Crippen LogP contribution in [0.3, 0.4) is 0 Å². The maximum Gasteiger partial charge on any atom is 0.244 e. The van der Waals surface area contributed by atoms with E-state index in [1.165, 1.54) is 0 Å². The van der Waals surface area contributed by atoms with Gasteiger partial charge in [-0.15, -0.1) is 0 Å². The van der Waals surface area contributed by atoms with Gasteiger partial charge in [-0.3, -0.25) is 4.79 Å². The molecule has 0 saturated heterocycles. The van der Waals surface area contributed by atoms with Crippen molar-refractivity contribution in [3.05, 3.63) is 90.2 Å². The number of rotatable bonds is 9. The molecule has 0 bridgehead atoms. The van der Waals surface area contributed by atoms with Crippen molar-refractivity contribution in [2.24, 2.45) is 0 Å². The van der Waals surface area contributed by atoms with Crippen LogP contribution in [-0.4, -0.2) is 26.2 Å². The zero-order chi connectivity index (χ0) is 23.9. The minimum Gasteiger partial charge on any atom is -0.496 e. The zero-order valence-electron chi connectivity index (χ0n) is 19.8. The molecule has 0 unspecified atom stereocenters. The number of carbonyl (C=O) groups is 1. The Hall–Kier alpha value is -3.99. The summed E-state index contributed by atoms with van der Waals surface area (Å²) in [5, 5.41) is 3.95. The Labute approximate surface area is 200 Å². The van der Waals surface area contributed by atoms with Crippen LogP contribution in [0.4, 0.5) is 0 Å². The summed E-state index contributed by atoms with van der Waals surface area (Å²) >= 11 is 0. The molecule has 1 heterocycles. The van der Waals surface area contributed by atoms with E-state index < -0.39 is 0 Å². The predicted molar refractivity (Wildman–Crippen MR) is 136 cm³/mol. The number of amides is 1. The number of furan rings is 1. The van der Waals surface area contributed by atoms with Gasteiger partial charge >= 0.3 is 0 Å². The lowest BCUT2D eigenvalue weighted by atomic mass is 9.99. The third-order valence-electron chi connectivity index (χ3n) is 5.72. The molecule has 0 spiro atoms. The highest BCUT2D eigenvalue weighted by atomic mass is 16.5. The molecule has 0 saturated carbocycles. The lowest BCUT2D eigenvalue weighted by Gasteiger charge is -2.12. The second-order valence-electron chi connectivity index (χ2n) is 7.97. The summed E-state index contributed by atoms with van der Waals surface area (Å²) < 4.78 is 17.1. The Morgan fingerprint density at radius 2 is 1.79 bits per heavy atom. The molecule has 1 aromatic heterocycles. The highest BCUT2D eigenvalue weighted by Crippen LogP contribution is 2.37. The van der Waals surface area contributed by atoms with Gasteiger partial charge in [-0.05, 0) is 49.1 Å². The Kier molecular flexibility index (Phi) is 7.33. The molecule has 4 aromatic rings. The van der Waals surface area contributed by atoms with Gasteiger partial charge in [0.1, 0.15) is 17.1 Å². The molecule has 0 radical (unpaired) electrons. The standard InChI is InChI=1S/C29H29NO4/c1-4-33-27-18-28-24(25(19-34-28)21-10-6-5-7-11-21)17-23(27)20(2)16-29(31)30-15-14-22-12-8-9-13-26(22)32-3/h5-13,16-19H,4,14-15H2,1-3H3,(H,30,31)/b20-16+. The smallest absolute Gasteiger partial charge is 0.244 e. The minimum absolute atomic E-state index is 0.148. The first-order chi connectivity index (χ1) is 16.6. The topological polar surface area (TPSA) is 60.7 Å². The minimum atomic E-state index is -0.148. The van der Waals surface area contributed by atoms with Crippen LogP contribution < -0.4 is 14.8 Å². The summed E-state index contributed by atoms with van der Waals surface area (Å²) in [4.78, 5) is 12.7. The number of methoxy groups -OCH3 is 1. The number of fused-ring (bicyclic) bond motifs is 1. The number of para-hydroxylation sites is 1. The van der Waals surface area contributed by atoms with E-state index in [9.17, 15) is 4.79 Å². The number of hydrogen-bond donors (Lipinski definition) is 1. The molecule has 0 atom stereocenters. The Morgan fingerprint density at radius 1 is 1.03 bits per heavy atom. The first-order valence-electron chi connectivity index (χ1n) is 11.4. The molecule has 174 valence electrons. The molecule has 0 fully saturated rings. The van der Waals surface area contributed by atoms with Gasteiger partial charge in [-0.2, -0.15) is 0 Å². The van der Waals surface area contributed by atoms with Crippen LogP contribution in [0.25, 0.3) is 27.7 Å². The number of ether oxygens (including phenoxy) is 2. The van der Waals surface area contributed by atoms with Crippen molar-refractivity contribution < 1.29 is 18.7 Å². The van der Waals surface area contributed by atoms with Gasteiger partial charge in [0.15, 0.2) is 0 Å². The Bertz CT molecular complexity index is 1300. The van der Waals surface area contributed by atoms with Gasteiger partial charge in [0.05, 0.1) is 20.0 Å². The largest absolute Gasteiger partial charge is 0.496 e. The van der Waals surface area contributed by atoms with Crippen molar-refractivity contribution in [3.63, 3.8) is 0 Å². The van der Waals surface area contributed by atoms with Crippen LogP contribution in [-0.2, 0) is 11.2 Å².